The van der Waals surface area contributed by atoms with Crippen LogP contribution in [0.5, 0.6) is 0 Å². The van der Waals surface area contributed by atoms with Gasteiger partial charge in [-0.2, -0.15) is 0 Å². The molecule has 3 N–H and O–H groups in total. The minimum Gasteiger partial charge on any atom is -0.465 e. The topological polar surface area (TPSA) is 61.4 Å². The molecule has 62 valence electrons. The number of amides is 1. The van der Waals surface area contributed by atoms with E-state index in [0.29, 0.717) is 11.8 Å². The Hall–Kier alpha value is -0.770. The largest absolute Gasteiger partial charge is 0.465 e. The lowest BCUT2D eigenvalue weighted by atomic mass is 10.2. The van der Waals surface area contributed by atoms with E-state index in [4.69, 9.17) is 5.11 Å². The molecule has 1 saturated heterocycles. The third-order valence-corrected chi connectivity index (χ3v) is 2.66. The van der Waals surface area contributed by atoms with Crippen LogP contribution in [0.3, 0.4) is 0 Å². The van der Waals surface area contributed by atoms with Crippen molar-refractivity contribution in [1.82, 2.24) is 10.6 Å². The number of hydrogen-bond donors (Lipinski definition) is 3. The molecule has 2 fully saturated rings. The highest BCUT2D eigenvalue weighted by Gasteiger charge is 2.51. The second-order valence-corrected chi connectivity index (χ2v) is 3.30. The number of nitrogens with one attached hydrogen (secondary N) is 2. The molecule has 4 heteroatoms. The monoisotopic (exact) mass is 156 g/mol. The van der Waals surface area contributed by atoms with Gasteiger partial charge in [0.25, 0.3) is 0 Å². The first-order valence-corrected chi connectivity index (χ1v) is 3.99. The van der Waals surface area contributed by atoms with Crippen LogP contribution in [-0.2, 0) is 0 Å². The molecule has 1 aliphatic heterocycles. The second-order valence-electron chi connectivity index (χ2n) is 3.30. The quantitative estimate of drug-likeness (QED) is 0.495. The molecule has 0 aromatic heterocycles. The van der Waals surface area contributed by atoms with E-state index in [2.05, 4.69) is 10.6 Å². The molecule has 1 saturated carbocycles. The van der Waals surface area contributed by atoms with Crippen LogP contribution in [0.15, 0.2) is 0 Å². The summed E-state index contributed by atoms with van der Waals surface area (Å²) in [6.07, 6.45) is 0.236. The van der Waals surface area contributed by atoms with Crippen molar-refractivity contribution < 1.29 is 9.90 Å². The van der Waals surface area contributed by atoms with Gasteiger partial charge in [-0.15, -0.1) is 0 Å². The van der Waals surface area contributed by atoms with Crippen LogP contribution in [0.4, 0.5) is 4.79 Å². The number of hydrogen-bond acceptors (Lipinski definition) is 2. The van der Waals surface area contributed by atoms with Crippen molar-refractivity contribution in [2.75, 3.05) is 13.1 Å². The minimum atomic E-state index is -0.885. The molecular weight excluding hydrogens is 144 g/mol. The van der Waals surface area contributed by atoms with E-state index in [0.717, 1.165) is 19.5 Å². The van der Waals surface area contributed by atoms with E-state index in [9.17, 15) is 4.79 Å². The fraction of sp³-hybridized carbons (Fsp3) is 0.857. The second kappa shape index (κ2) is 2.37. The van der Waals surface area contributed by atoms with Gasteiger partial charge in [0.15, 0.2) is 0 Å². The molecule has 0 unspecified atom stereocenters. The maximum Gasteiger partial charge on any atom is 0.404 e. The molecule has 2 rings (SSSR count). The van der Waals surface area contributed by atoms with Crippen LogP contribution in [0.2, 0.25) is 0 Å². The number of carboxylic acid groups (broad SMARTS) is 1. The molecule has 11 heavy (non-hydrogen) atoms. The SMILES string of the molecule is O=C(O)N[C@H]1[C@@H]2CCNC[C@@H]21. The van der Waals surface area contributed by atoms with E-state index in [1.165, 1.54) is 0 Å². The van der Waals surface area contributed by atoms with E-state index < -0.39 is 6.09 Å². The third-order valence-electron chi connectivity index (χ3n) is 2.66. The lowest BCUT2D eigenvalue weighted by Gasteiger charge is -2.07. The van der Waals surface area contributed by atoms with Gasteiger partial charge in [-0.05, 0) is 24.8 Å². The van der Waals surface area contributed by atoms with Crippen LogP contribution in [0.1, 0.15) is 6.42 Å². The normalized spacial score (nSPS) is 40.9. The molecule has 0 radical (unpaired) electrons. The summed E-state index contributed by atoms with van der Waals surface area (Å²) in [4.78, 5) is 10.3. The molecule has 0 aromatic carbocycles. The summed E-state index contributed by atoms with van der Waals surface area (Å²) in [5, 5.41) is 14.2. The van der Waals surface area contributed by atoms with E-state index in [-0.39, 0.29) is 6.04 Å². The Kier molecular flexibility index (Phi) is 1.49. The van der Waals surface area contributed by atoms with Gasteiger partial charge >= 0.3 is 6.09 Å². The Morgan fingerprint density at radius 3 is 2.91 bits per heavy atom. The average Bonchev–Trinajstić information content (AvgIpc) is 2.64. The summed E-state index contributed by atoms with van der Waals surface area (Å²) in [5.74, 6) is 1.19. The summed E-state index contributed by atoms with van der Waals surface area (Å²) in [7, 11) is 0. The number of carbonyl (C=O) groups is 1. The molecule has 1 amide bonds. The van der Waals surface area contributed by atoms with Crippen molar-refractivity contribution in [3.05, 3.63) is 0 Å². The smallest absolute Gasteiger partial charge is 0.404 e. The number of rotatable bonds is 1. The van der Waals surface area contributed by atoms with E-state index in [1.807, 2.05) is 0 Å². The molecular formula is C7H12N2O2. The van der Waals surface area contributed by atoms with Crippen LogP contribution in [0, 0.1) is 11.8 Å². The van der Waals surface area contributed by atoms with Crippen LogP contribution in [0.25, 0.3) is 0 Å². The predicted molar refractivity (Wildman–Crippen MR) is 39.4 cm³/mol. The number of piperidine rings is 1. The van der Waals surface area contributed by atoms with Gasteiger partial charge in [-0.3, -0.25) is 0 Å². The standard InChI is InChI=1S/C7H12N2O2/c10-7(11)9-6-4-1-2-8-3-5(4)6/h4-6,8-9H,1-3H2,(H,10,11)/t4-,5+,6+/m1/s1. The molecule has 0 bridgehead atoms. The van der Waals surface area contributed by atoms with Crippen LogP contribution in [-0.4, -0.2) is 30.3 Å². The molecule has 0 spiro atoms. The summed E-state index contributed by atoms with van der Waals surface area (Å²) >= 11 is 0. The van der Waals surface area contributed by atoms with Crippen LogP contribution >= 0.6 is 0 Å². The Morgan fingerprint density at radius 2 is 2.36 bits per heavy atom. The fourth-order valence-corrected chi connectivity index (χ4v) is 2.01. The molecule has 2 aliphatic rings. The van der Waals surface area contributed by atoms with Crippen molar-refractivity contribution in [3.63, 3.8) is 0 Å². The first-order chi connectivity index (χ1) is 5.29. The maximum absolute atomic E-state index is 10.3. The van der Waals surface area contributed by atoms with Gasteiger partial charge in [0, 0.05) is 12.6 Å². The van der Waals surface area contributed by atoms with Gasteiger partial charge in [0.2, 0.25) is 0 Å². The van der Waals surface area contributed by atoms with E-state index >= 15 is 0 Å². The molecule has 4 nitrogen and oxygen atoms in total. The van der Waals surface area contributed by atoms with Gasteiger partial charge in [-0.1, -0.05) is 0 Å². The lowest BCUT2D eigenvalue weighted by molar-refractivity contribution is 0.193. The van der Waals surface area contributed by atoms with Crippen LogP contribution < -0.4 is 10.6 Å². The van der Waals surface area contributed by atoms with Gasteiger partial charge in [0.05, 0.1) is 0 Å². The molecule has 0 aromatic rings. The zero-order chi connectivity index (χ0) is 7.84. The van der Waals surface area contributed by atoms with Gasteiger partial charge in [0.1, 0.15) is 0 Å². The average molecular weight is 156 g/mol. The lowest BCUT2D eigenvalue weighted by Crippen LogP contribution is -2.26. The van der Waals surface area contributed by atoms with Crippen molar-refractivity contribution in [2.45, 2.75) is 12.5 Å². The zero-order valence-electron chi connectivity index (χ0n) is 6.21. The van der Waals surface area contributed by atoms with Gasteiger partial charge < -0.3 is 15.7 Å². The Labute approximate surface area is 65.0 Å². The Balaban J connectivity index is 1.85. The maximum atomic E-state index is 10.3. The van der Waals surface area contributed by atoms with Gasteiger partial charge in [-0.25, -0.2) is 4.79 Å². The first-order valence-electron chi connectivity index (χ1n) is 3.99. The Morgan fingerprint density at radius 1 is 1.55 bits per heavy atom. The predicted octanol–water partition coefficient (Wildman–Crippen LogP) is -0.138. The van der Waals surface area contributed by atoms with Crippen molar-refractivity contribution >= 4 is 6.09 Å². The molecule has 3 atom stereocenters. The highest BCUT2D eigenvalue weighted by Crippen LogP contribution is 2.42. The van der Waals surface area contributed by atoms with Crippen molar-refractivity contribution in [1.29, 1.82) is 0 Å². The summed E-state index contributed by atoms with van der Waals surface area (Å²) in [5.41, 5.74) is 0. The molecule has 1 aliphatic carbocycles. The Bertz CT molecular complexity index is 171. The van der Waals surface area contributed by atoms with E-state index in [1.54, 1.807) is 0 Å². The summed E-state index contributed by atoms with van der Waals surface area (Å²) in [6.45, 7) is 2.02. The minimum absolute atomic E-state index is 0.238. The first kappa shape index (κ1) is 6.91. The number of fused-ring (bicyclic) bond motifs is 1. The van der Waals surface area contributed by atoms with Crippen molar-refractivity contribution in [3.8, 4) is 0 Å². The third kappa shape index (κ3) is 1.18. The van der Waals surface area contributed by atoms with Crippen molar-refractivity contribution in [2.24, 2.45) is 11.8 Å². The highest BCUT2D eigenvalue weighted by molar-refractivity contribution is 5.65. The zero-order valence-corrected chi connectivity index (χ0v) is 6.21. The fourth-order valence-electron chi connectivity index (χ4n) is 2.01. The summed E-state index contributed by atoms with van der Waals surface area (Å²) < 4.78 is 0. The highest BCUT2D eigenvalue weighted by atomic mass is 16.4. The molecule has 1 heterocycles. The summed E-state index contributed by atoms with van der Waals surface area (Å²) in [6, 6.07) is 0.238.